The van der Waals surface area contributed by atoms with Gasteiger partial charge < -0.3 is 10.2 Å². The first-order chi connectivity index (χ1) is 12.3. The zero-order valence-corrected chi connectivity index (χ0v) is 14.8. The molecule has 0 spiro atoms. The Morgan fingerprint density at radius 1 is 1.19 bits per heavy atom. The van der Waals surface area contributed by atoms with Crippen LogP contribution in [0.2, 0.25) is 0 Å². The van der Waals surface area contributed by atoms with Crippen molar-refractivity contribution in [2.24, 2.45) is 5.92 Å². The third kappa shape index (κ3) is 6.17. The van der Waals surface area contributed by atoms with E-state index in [2.05, 4.69) is 25.9 Å². The van der Waals surface area contributed by atoms with Gasteiger partial charge in [-0.25, -0.2) is 0 Å². The van der Waals surface area contributed by atoms with Crippen LogP contribution in [0.25, 0.3) is 0 Å². The zero-order chi connectivity index (χ0) is 19.2. The van der Waals surface area contributed by atoms with Crippen molar-refractivity contribution in [1.82, 2.24) is 26.5 Å². The van der Waals surface area contributed by atoms with Gasteiger partial charge in [0.15, 0.2) is 0 Å². The highest BCUT2D eigenvalue weighted by Crippen LogP contribution is 2.16. The lowest BCUT2D eigenvalue weighted by molar-refractivity contribution is -0.138. The summed E-state index contributed by atoms with van der Waals surface area (Å²) in [4.78, 5) is 36.6. The lowest BCUT2D eigenvalue weighted by atomic mass is 9.98. The fourth-order valence-electron chi connectivity index (χ4n) is 3.01. The van der Waals surface area contributed by atoms with Crippen LogP contribution in [0.4, 0.5) is 0 Å². The summed E-state index contributed by atoms with van der Waals surface area (Å²) >= 11 is 0. The molecule has 0 aliphatic carbocycles. The number of rotatable bonds is 6. The number of hydrogen-bond acceptors (Lipinski definition) is 8. The van der Waals surface area contributed by atoms with Gasteiger partial charge in [0, 0.05) is 13.1 Å². The Morgan fingerprint density at radius 3 is 2.54 bits per heavy atom. The van der Waals surface area contributed by atoms with Gasteiger partial charge in [0.25, 0.3) is 5.91 Å². The minimum atomic E-state index is -4.66. The second-order valence-electron chi connectivity index (χ2n) is 6.24. The third-order valence-corrected chi connectivity index (χ3v) is 4.66. The number of likely N-dealkylation sites (tertiary alicyclic amines) is 1. The molecule has 2 saturated heterocycles. The van der Waals surface area contributed by atoms with Crippen LogP contribution in [0.1, 0.15) is 25.7 Å². The highest BCUT2D eigenvalue weighted by atomic mass is 32.3. The van der Waals surface area contributed by atoms with E-state index in [9.17, 15) is 22.8 Å². The van der Waals surface area contributed by atoms with Gasteiger partial charge in [0.2, 0.25) is 12.3 Å². The monoisotopic (exact) mass is 393 g/mol. The second kappa shape index (κ2) is 9.23. The van der Waals surface area contributed by atoms with Crippen molar-refractivity contribution >= 4 is 28.6 Å². The molecule has 2 heterocycles. The number of piperidine rings is 2. The number of hydrazine groups is 1. The number of carbonyl (C=O) groups excluding carboxylic acids is 3. The fourth-order valence-corrected chi connectivity index (χ4v) is 3.26. The van der Waals surface area contributed by atoms with E-state index in [1.807, 2.05) is 0 Å². The molecule has 0 radical (unpaired) electrons. The Balaban J connectivity index is 1.80. The van der Waals surface area contributed by atoms with Gasteiger partial charge >= 0.3 is 10.4 Å². The molecule has 0 aromatic rings. The molecule has 2 rings (SSSR count). The summed E-state index contributed by atoms with van der Waals surface area (Å²) in [6.07, 6.45) is 2.61. The Kier molecular flexibility index (Phi) is 7.28. The Hall–Kier alpha value is -1.80. The first-order valence-electron chi connectivity index (χ1n) is 8.23. The maximum absolute atomic E-state index is 12.2. The van der Waals surface area contributed by atoms with E-state index < -0.39 is 28.4 Å². The van der Waals surface area contributed by atoms with E-state index in [0.717, 1.165) is 24.3 Å². The average Bonchev–Trinajstić information content (AvgIpc) is 2.64. The average molecular weight is 393 g/mol. The van der Waals surface area contributed by atoms with E-state index in [1.54, 1.807) is 0 Å². The van der Waals surface area contributed by atoms with Gasteiger partial charge in [-0.05, 0) is 32.2 Å². The molecule has 0 aromatic carbocycles. The fraction of sp³-hybridized carbons (Fsp3) is 0.769. The van der Waals surface area contributed by atoms with Gasteiger partial charge in [-0.15, -0.1) is 0 Å². The highest BCUT2D eigenvalue weighted by Gasteiger charge is 2.33. The molecule has 3 atom stereocenters. The number of amides is 3. The smallest absolute Gasteiger partial charge is 0.332 e. The van der Waals surface area contributed by atoms with Gasteiger partial charge in [-0.1, -0.05) is 0 Å². The van der Waals surface area contributed by atoms with Gasteiger partial charge in [-0.3, -0.25) is 29.8 Å². The Labute approximate surface area is 150 Å². The normalized spacial score (nSPS) is 26.8. The molecule has 3 amide bonds. The van der Waals surface area contributed by atoms with Crippen molar-refractivity contribution in [1.29, 1.82) is 0 Å². The third-order valence-electron chi connectivity index (χ3n) is 4.35. The summed E-state index contributed by atoms with van der Waals surface area (Å²) in [6.45, 7) is 1.41. The van der Waals surface area contributed by atoms with Crippen LogP contribution in [-0.2, 0) is 29.1 Å². The lowest BCUT2D eigenvalue weighted by Crippen LogP contribution is -2.58. The van der Waals surface area contributed by atoms with Crippen LogP contribution in [0.15, 0.2) is 0 Å². The molecule has 0 saturated carbocycles. The van der Waals surface area contributed by atoms with E-state index in [4.69, 9.17) is 4.55 Å². The zero-order valence-electron chi connectivity index (χ0n) is 14.0. The second-order valence-corrected chi connectivity index (χ2v) is 7.27. The van der Waals surface area contributed by atoms with Crippen molar-refractivity contribution in [3.63, 3.8) is 0 Å². The minimum Gasteiger partial charge on any atom is -0.332 e. The molecule has 0 bridgehead atoms. The molecular weight excluding hydrogens is 370 g/mol. The number of nitrogens with zero attached hydrogens (tertiary/aromatic N) is 1. The minimum absolute atomic E-state index is 0.00238. The molecular formula is C13H23N5O7S. The van der Waals surface area contributed by atoms with Crippen molar-refractivity contribution in [3.8, 4) is 0 Å². The molecule has 5 N–H and O–H groups in total. The standard InChI is InChI=1S/C13H23N5O7S/c19-8-18-7-10(17-25-26(22,23)24)3-4-11(18)13(21)16-15-12(20)9-2-1-5-14-6-9/h8-11,14,17H,1-7H2,(H,15,20)(H,16,21)(H,22,23,24)/t9-,10-,11+/m1/s1. The molecule has 13 heteroatoms. The summed E-state index contributed by atoms with van der Waals surface area (Å²) in [5, 5.41) is 3.10. The van der Waals surface area contributed by atoms with E-state index in [0.29, 0.717) is 19.4 Å². The van der Waals surface area contributed by atoms with Crippen LogP contribution in [0.3, 0.4) is 0 Å². The largest absolute Gasteiger partial charge is 0.413 e. The van der Waals surface area contributed by atoms with Gasteiger partial charge in [-0.2, -0.15) is 18.2 Å². The first-order valence-corrected chi connectivity index (χ1v) is 9.59. The summed E-state index contributed by atoms with van der Waals surface area (Å²) < 4.78 is 33.7. The molecule has 2 fully saturated rings. The maximum Gasteiger partial charge on any atom is 0.413 e. The van der Waals surface area contributed by atoms with E-state index in [1.165, 1.54) is 0 Å². The molecule has 26 heavy (non-hydrogen) atoms. The summed E-state index contributed by atoms with van der Waals surface area (Å²) in [6, 6.07) is -1.38. The number of hydroxylamine groups is 1. The molecule has 148 valence electrons. The summed E-state index contributed by atoms with van der Waals surface area (Å²) in [7, 11) is -4.66. The van der Waals surface area contributed by atoms with Crippen molar-refractivity contribution in [2.75, 3.05) is 19.6 Å². The van der Waals surface area contributed by atoms with Gasteiger partial charge in [0.1, 0.15) is 6.04 Å². The first kappa shape index (κ1) is 20.5. The topological polar surface area (TPSA) is 166 Å². The number of hydrogen-bond donors (Lipinski definition) is 5. The molecule has 0 unspecified atom stereocenters. The molecule has 2 aliphatic rings. The Morgan fingerprint density at radius 2 is 1.92 bits per heavy atom. The van der Waals surface area contributed by atoms with Gasteiger partial charge in [0.05, 0.1) is 12.0 Å². The van der Waals surface area contributed by atoms with E-state index in [-0.39, 0.29) is 24.8 Å². The van der Waals surface area contributed by atoms with Crippen molar-refractivity contribution in [3.05, 3.63) is 0 Å². The van der Waals surface area contributed by atoms with Crippen LogP contribution in [-0.4, -0.2) is 67.8 Å². The summed E-state index contributed by atoms with van der Waals surface area (Å²) in [5.74, 6) is -1.05. The predicted molar refractivity (Wildman–Crippen MR) is 87.2 cm³/mol. The molecule has 2 aliphatic heterocycles. The van der Waals surface area contributed by atoms with Crippen molar-refractivity contribution in [2.45, 2.75) is 37.8 Å². The van der Waals surface area contributed by atoms with Crippen molar-refractivity contribution < 1.29 is 31.6 Å². The predicted octanol–water partition coefficient (Wildman–Crippen LogP) is -2.55. The summed E-state index contributed by atoms with van der Waals surface area (Å²) in [5.41, 5.74) is 6.84. The Bertz CT molecular complexity index is 622. The SMILES string of the molecule is O=CN1C[C@H](NOS(=O)(=O)O)CC[C@H]1C(=O)NNC(=O)[C@@H]1CCCNC1. The van der Waals surface area contributed by atoms with Crippen LogP contribution >= 0.6 is 0 Å². The van der Waals surface area contributed by atoms with E-state index >= 15 is 0 Å². The molecule has 12 nitrogen and oxygen atoms in total. The quantitative estimate of drug-likeness (QED) is 0.185. The lowest BCUT2D eigenvalue weighted by Gasteiger charge is -2.36. The highest BCUT2D eigenvalue weighted by molar-refractivity contribution is 7.80. The maximum atomic E-state index is 12.2. The number of carbonyl (C=O) groups is 3. The van der Waals surface area contributed by atoms with Crippen LogP contribution < -0.4 is 21.6 Å². The molecule has 0 aromatic heterocycles. The number of nitrogens with one attached hydrogen (secondary N) is 4. The van der Waals surface area contributed by atoms with Crippen LogP contribution in [0, 0.1) is 5.92 Å². The van der Waals surface area contributed by atoms with Crippen LogP contribution in [0.5, 0.6) is 0 Å².